The van der Waals surface area contributed by atoms with E-state index in [1.54, 1.807) is 0 Å². The van der Waals surface area contributed by atoms with E-state index in [1.165, 1.54) is 12.1 Å². The van der Waals surface area contributed by atoms with Crippen molar-refractivity contribution in [1.29, 1.82) is 0 Å². The molecule has 0 aliphatic heterocycles. The van der Waals surface area contributed by atoms with Gasteiger partial charge in [0.1, 0.15) is 22.9 Å². The Morgan fingerprint density at radius 2 is 1.53 bits per heavy atom. The van der Waals surface area contributed by atoms with E-state index >= 15 is 0 Å². The van der Waals surface area contributed by atoms with Gasteiger partial charge in [-0.05, 0) is 84.9 Å². The molecule has 3 aromatic carbocycles. The van der Waals surface area contributed by atoms with Gasteiger partial charge in [0.05, 0.1) is 0 Å². The van der Waals surface area contributed by atoms with E-state index in [1.807, 2.05) is 0 Å². The Bertz CT molecular complexity index is 1160. The second-order valence-corrected chi connectivity index (χ2v) is 8.24. The van der Waals surface area contributed by atoms with Gasteiger partial charge in [0, 0.05) is 5.39 Å². The zero-order valence-corrected chi connectivity index (χ0v) is 17.4. The number of hydrogen-bond donors (Lipinski definition) is 0. The number of benzene rings is 3. The lowest BCUT2D eigenvalue weighted by Crippen LogP contribution is -2.16. The van der Waals surface area contributed by atoms with Gasteiger partial charge in [0.15, 0.2) is 17.5 Å². The number of fused-ring (bicyclic) bond motifs is 1. The monoisotopic (exact) mass is 448 g/mol. The predicted molar refractivity (Wildman–Crippen MR) is 110 cm³/mol. The van der Waals surface area contributed by atoms with Crippen molar-refractivity contribution in [3.05, 3.63) is 76.6 Å². The molecule has 0 aromatic heterocycles. The third kappa shape index (κ3) is 4.20. The van der Waals surface area contributed by atoms with E-state index in [0.29, 0.717) is 11.5 Å². The molecule has 7 heteroatoms. The minimum absolute atomic E-state index is 0.0394. The molecule has 3 aromatic rings. The van der Waals surface area contributed by atoms with Crippen molar-refractivity contribution in [3.63, 3.8) is 0 Å². The van der Waals surface area contributed by atoms with Crippen LogP contribution in [0.3, 0.4) is 0 Å². The second kappa shape index (κ2) is 8.88. The fourth-order valence-electron chi connectivity index (χ4n) is 4.43. The number of ether oxygens (including phenoxy) is 1. The number of esters is 1. The highest BCUT2D eigenvalue weighted by Crippen LogP contribution is 2.38. The van der Waals surface area contributed by atoms with Gasteiger partial charge in [-0.25, -0.2) is 26.7 Å². The minimum atomic E-state index is -1.62. The van der Waals surface area contributed by atoms with Gasteiger partial charge in [-0.15, -0.1) is 0 Å². The van der Waals surface area contributed by atoms with E-state index in [0.717, 1.165) is 56.4 Å². The minimum Gasteiger partial charge on any atom is -0.423 e. The molecule has 4 rings (SSSR count). The number of carbonyl (C=O) groups is 1. The average Bonchev–Trinajstić information content (AvgIpc) is 2.77. The Balaban J connectivity index is 1.56. The van der Waals surface area contributed by atoms with E-state index < -0.39 is 40.6 Å². The molecule has 1 saturated carbocycles. The molecule has 1 aliphatic carbocycles. The van der Waals surface area contributed by atoms with Crippen LogP contribution in [0, 0.1) is 35.0 Å². The molecule has 0 heterocycles. The van der Waals surface area contributed by atoms with Crippen molar-refractivity contribution in [2.75, 3.05) is 0 Å². The summed E-state index contributed by atoms with van der Waals surface area (Å²) >= 11 is 0. The zero-order valence-electron chi connectivity index (χ0n) is 17.4. The molecule has 32 heavy (non-hydrogen) atoms. The predicted octanol–water partition coefficient (Wildman–Crippen LogP) is 7.44. The first-order valence-electron chi connectivity index (χ1n) is 10.6. The van der Waals surface area contributed by atoms with Gasteiger partial charge < -0.3 is 4.74 Å². The Labute approximate surface area is 182 Å². The fraction of sp³-hybridized carbons (Fsp3) is 0.320. The van der Waals surface area contributed by atoms with Crippen LogP contribution in [0.2, 0.25) is 0 Å². The zero-order chi connectivity index (χ0) is 23.0. The SMILES string of the molecule is CCC1CCC(c2cc(F)c(C(=O)Oc3ccc4c(F)c(F)c(F)cc4c3)c(F)c2)CC1. The molecule has 0 radical (unpaired) electrons. The molecule has 0 amide bonds. The van der Waals surface area contributed by atoms with Crippen LogP contribution in [0.1, 0.15) is 60.9 Å². The maximum Gasteiger partial charge on any atom is 0.349 e. The molecule has 0 atom stereocenters. The molecule has 1 fully saturated rings. The number of rotatable bonds is 4. The van der Waals surface area contributed by atoms with Crippen LogP contribution in [-0.4, -0.2) is 5.97 Å². The van der Waals surface area contributed by atoms with Gasteiger partial charge >= 0.3 is 5.97 Å². The van der Waals surface area contributed by atoms with Crippen LogP contribution in [0.15, 0.2) is 36.4 Å². The van der Waals surface area contributed by atoms with Crippen LogP contribution in [0.25, 0.3) is 10.8 Å². The molecule has 2 nitrogen and oxygen atoms in total. The smallest absolute Gasteiger partial charge is 0.349 e. The summed E-state index contributed by atoms with van der Waals surface area (Å²) in [7, 11) is 0. The van der Waals surface area contributed by atoms with Crippen LogP contribution < -0.4 is 4.74 Å². The Morgan fingerprint density at radius 3 is 2.16 bits per heavy atom. The van der Waals surface area contributed by atoms with E-state index in [2.05, 4.69) is 6.92 Å². The van der Waals surface area contributed by atoms with E-state index in [-0.39, 0.29) is 22.4 Å². The number of hydrogen-bond acceptors (Lipinski definition) is 2. The first kappa shape index (κ1) is 22.2. The normalized spacial score (nSPS) is 18.7. The molecule has 0 bridgehead atoms. The van der Waals surface area contributed by atoms with Crippen LogP contribution >= 0.6 is 0 Å². The summed E-state index contributed by atoms with van der Waals surface area (Å²) in [6, 6.07) is 6.41. The van der Waals surface area contributed by atoms with Crippen LogP contribution in [-0.2, 0) is 0 Å². The largest absolute Gasteiger partial charge is 0.423 e. The highest BCUT2D eigenvalue weighted by molar-refractivity contribution is 5.93. The molecular formula is C25H21F5O2. The number of halogens is 5. The van der Waals surface area contributed by atoms with Crippen LogP contribution in [0.5, 0.6) is 5.75 Å². The van der Waals surface area contributed by atoms with Crippen molar-refractivity contribution < 1.29 is 31.5 Å². The summed E-state index contributed by atoms with van der Waals surface area (Å²) in [5, 5.41) is -0.283. The summed E-state index contributed by atoms with van der Waals surface area (Å²) in [5.41, 5.74) is -0.322. The van der Waals surface area contributed by atoms with Gasteiger partial charge in [-0.2, -0.15) is 0 Å². The van der Waals surface area contributed by atoms with Crippen molar-refractivity contribution >= 4 is 16.7 Å². The van der Waals surface area contributed by atoms with Gasteiger partial charge in [-0.3, -0.25) is 0 Å². The lowest BCUT2D eigenvalue weighted by atomic mass is 9.77. The van der Waals surface area contributed by atoms with Crippen molar-refractivity contribution in [2.45, 2.75) is 44.9 Å². The van der Waals surface area contributed by atoms with Crippen molar-refractivity contribution in [1.82, 2.24) is 0 Å². The molecule has 1 aliphatic rings. The quantitative estimate of drug-likeness (QED) is 0.179. The third-order valence-corrected chi connectivity index (χ3v) is 6.32. The lowest BCUT2D eigenvalue weighted by molar-refractivity contribution is 0.0724. The standard InChI is InChI=1S/C25H21F5O2/c1-2-13-3-5-14(6-4-13)15-10-19(26)22(20(27)11-15)25(31)32-17-7-8-18-16(9-17)12-21(28)24(30)23(18)29/h7-14H,2-6H2,1H3. The summed E-state index contributed by atoms with van der Waals surface area (Å²) < 4.78 is 75.1. The summed E-state index contributed by atoms with van der Waals surface area (Å²) in [6.45, 7) is 2.13. The maximum atomic E-state index is 14.7. The Morgan fingerprint density at radius 1 is 0.875 bits per heavy atom. The van der Waals surface area contributed by atoms with Crippen molar-refractivity contribution in [2.24, 2.45) is 5.92 Å². The maximum absolute atomic E-state index is 14.7. The van der Waals surface area contributed by atoms with Crippen molar-refractivity contribution in [3.8, 4) is 5.75 Å². The van der Waals surface area contributed by atoms with E-state index in [9.17, 15) is 26.7 Å². The first-order valence-corrected chi connectivity index (χ1v) is 10.6. The summed E-state index contributed by atoms with van der Waals surface area (Å²) in [6.07, 6.45) is 4.77. The van der Waals surface area contributed by atoms with Crippen LogP contribution in [0.4, 0.5) is 22.0 Å². The average molecular weight is 448 g/mol. The second-order valence-electron chi connectivity index (χ2n) is 8.24. The highest BCUT2D eigenvalue weighted by Gasteiger charge is 2.26. The molecule has 168 valence electrons. The summed E-state index contributed by atoms with van der Waals surface area (Å²) in [5.74, 6) is -7.23. The topological polar surface area (TPSA) is 26.3 Å². The van der Waals surface area contributed by atoms with E-state index in [4.69, 9.17) is 4.74 Å². The molecular weight excluding hydrogens is 427 g/mol. The Kier molecular flexibility index (Phi) is 6.17. The third-order valence-electron chi connectivity index (χ3n) is 6.32. The lowest BCUT2D eigenvalue weighted by Gasteiger charge is -2.28. The van der Waals surface area contributed by atoms with Gasteiger partial charge in [0.25, 0.3) is 0 Å². The molecule has 0 spiro atoms. The fourth-order valence-corrected chi connectivity index (χ4v) is 4.43. The molecule has 0 N–H and O–H groups in total. The van der Waals surface area contributed by atoms with Gasteiger partial charge in [0.2, 0.25) is 0 Å². The summed E-state index contributed by atoms with van der Waals surface area (Å²) in [4.78, 5) is 12.4. The molecule has 0 saturated heterocycles. The Hall–Kier alpha value is -2.96. The van der Waals surface area contributed by atoms with Gasteiger partial charge in [-0.1, -0.05) is 13.3 Å². The first-order chi connectivity index (χ1) is 15.3. The molecule has 0 unspecified atom stereocenters. The highest BCUT2D eigenvalue weighted by atomic mass is 19.2. The number of carbonyl (C=O) groups excluding carboxylic acids is 1.